The minimum absolute atomic E-state index is 0.0437. The minimum atomic E-state index is -1.20. The fourth-order valence-electron chi connectivity index (χ4n) is 5.28. The van der Waals surface area contributed by atoms with Crippen LogP contribution in [0.2, 0.25) is 0 Å². The normalized spacial score (nSPS) is 27.3. The van der Waals surface area contributed by atoms with Gasteiger partial charge in [-0.15, -0.1) is 0 Å². The first-order valence-corrected chi connectivity index (χ1v) is 11.6. The second-order valence-electron chi connectivity index (χ2n) is 9.27. The number of halogens is 3. The fourth-order valence-corrected chi connectivity index (χ4v) is 5.28. The zero-order valence-electron chi connectivity index (χ0n) is 19.0. The number of allylic oxidation sites excluding steroid dienone is 4. The quantitative estimate of drug-likeness (QED) is 0.591. The molecule has 6 rings (SSSR count). The molecule has 1 aromatic heterocycles. The van der Waals surface area contributed by atoms with Gasteiger partial charge in [0.1, 0.15) is 40.7 Å². The van der Waals surface area contributed by atoms with Gasteiger partial charge in [-0.05, 0) is 24.6 Å². The number of aromatic nitrogens is 1. The third-order valence-corrected chi connectivity index (χ3v) is 7.07. The molecule has 0 radical (unpaired) electrons. The van der Waals surface area contributed by atoms with Crippen molar-refractivity contribution in [2.24, 2.45) is 17.8 Å². The van der Waals surface area contributed by atoms with Crippen molar-refractivity contribution in [1.29, 1.82) is 0 Å². The molecular formula is C25H21F3N4O4. The Morgan fingerprint density at radius 3 is 2.75 bits per heavy atom. The molecule has 1 aromatic carbocycles. The second-order valence-corrected chi connectivity index (χ2v) is 9.27. The molecule has 3 heterocycles. The van der Waals surface area contributed by atoms with Crippen molar-refractivity contribution in [1.82, 2.24) is 10.3 Å². The van der Waals surface area contributed by atoms with Crippen LogP contribution in [0.15, 0.2) is 48.1 Å². The molecule has 0 spiro atoms. The molecule has 8 nitrogen and oxygen atoms in total. The van der Waals surface area contributed by atoms with Crippen molar-refractivity contribution in [3.63, 3.8) is 0 Å². The van der Waals surface area contributed by atoms with Crippen LogP contribution in [0.1, 0.15) is 18.9 Å². The van der Waals surface area contributed by atoms with E-state index in [1.165, 1.54) is 0 Å². The standard InChI is InChI=1S/C25H21F3N4O4/c1-10-15(35-16-6-7-29-24-12(16)2-5-18(33)30-24)3-4-17-19(10)20-22(23(20)36-17)32-25(34)31-21-13(27)8-11(26)9-14(21)28/h3-4,6-10,19-20,22-23H,2,5H2,1H3,(H,29,30,33)(H2,31,32,34). The molecule has 2 fully saturated rings. The number of carbonyl (C=O) groups excluding carboxylic acids is 2. The third kappa shape index (κ3) is 3.75. The summed E-state index contributed by atoms with van der Waals surface area (Å²) >= 11 is 0. The lowest BCUT2D eigenvalue weighted by atomic mass is 9.83. The van der Waals surface area contributed by atoms with Gasteiger partial charge >= 0.3 is 6.03 Å². The van der Waals surface area contributed by atoms with Gasteiger partial charge in [-0.25, -0.2) is 22.9 Å². The Morgan fingerprint density at radius 1 is 1.19 bits per heavy atom. The van der Waals surface area contributed by atoms with Gasteiger partial charge in [-0.1, -0.05) is 6.92 Å². The largest absolute Gasteiger partial charge is 0.492 e. The zero-order valence-corrected chi connectivity index (χ0v) is 19.0. The van der Waals surface area contributed by atoms with Gasteiger partial charge < -0.3 is 25.4 Å². The van der Waals surface area contributed by atoms with E-state index in [-0.39, 0.29) is 35.8 Å². The number of hydrogen-bond donors (Lipinski definition) is 3. The Labute approximate surface area is 203 Å². The van der Waals surface area contributed by atoms with Crippen LogP contribution in [0.3, 0.4) is 0 Å². The molecule has 1 saturated heterocycles. The number of hydrogen-bond acceptors (Lipinski definition) is 5. The van der Waals surface area contributed by atoms with Crippen molar-refractivity contribution >= 4 is 23.4 Å². The molecule has 0 bridgehead atoms. The van der Waals surface area contributed by atoms with Gasteiger partial charge in [0.15, 0.2) is 11.6 Å². The molecule has 3 amide bonds. The highest BCUT2D eigenvalue weighted by Crippen LogP contribution is 2.57. The van der Waals surface area contributed by atoms with Gasteiger partial charge in [-0.2, -0.15) is 0 Å². The summed E-state index contributed by atoms with van der Waals surface area (Å²) in [5.41, 5.74) is 0.117. The molecule has 36 heavy (non-hydrogen) atoms. The smallest absolute Gasteiger partial charge is 0.319 e. The molecule has 5 unspecified atom stereocenters. The maximum absolute atomic E-state index is 13.9. The first-order valence-electron chi connectivity index (χ1n) is 11.6. The van der Waals surface area contributed by atoms with Gasteiger partial charge in [0.05, 0.1) is 6.04 Å². The zero-order chi connectivity index (χ0) is 25.1. The average Bonchev–Trinajstić information content (AvgIpc) is 3.31. The van der Waals surface area contributed by atoms with E-state index in [1.807, 2.05) is 19.1 Å². The number of nitrogens with zero attached hydrogens (tertiary/aromatic N) is 1. The van der Waals surface area contributed by atoms with Crippen LogP contribution >= 0.6 is 0 Å². The summed E-state index contributed by atoms with van der Waals surface area (Å²) in [5.74, 6) is -1.12. The maximum atomic E-state index is 13.9. The number of pyridine rings is 1. The summed E-state index contributed by atoms with van der Waals surface area (Å²) in [5, 5.41) is 7.57. The van der Waals surface area contributed by atoms with Crippen molar-refractivity contribution < 1.29 is 32.2 Å². The maximum Gasteiger partial charge on any atom is 0.319 e. The Balaban J connectivity index is 1.13. The second kappa shape index (κ2) is 8.28. The van der Waals surface area contributed by atoms with Crippen LogP contribution in [-0.2, 0) is 16.0 Å². The number of ether oxygens (including phenoxy) is 2. The third-order valence-electron chi connectivity index (χ3n) is 7.07. The van der Waals surface area contributed by atoms with Gasteiger partial charge in [0.2, 0.25) is 5.91 Å². The highest BCUT2D eigenvalue weighted by Gasteiger charge is 2.65. The number of rotatable bonds is 4. The predicted molar refractivity (Wildman–Crippen MR) is 121 cm³/mol. The minimum Gasteiger partial charge on any atom is -0.492 e. The molecule has 2 aromatic rings. The number of nitrogens with one attached hydrogen (secondary N) is 3. The van der Waals surface area contributed by atoms with Crippen LogP contribution in [0.25, 0.3) is 0 Å². The molecule has 2 aliphatic carbocycles. The first-order chi connectivity index (χ1) is 17.3. The topological polar surface area (TPSA) is 102 Å². The Kier molecular flexibility index (Phi) is 5.16. The molecule has 5 atom stereocenters. The van der Waals surface area contributed by atoms with Crippen LogP contribution < -0.4 is 20.7 Å². The molecule has 3 N–H and O–H groups in total. The van der Waals surface area contributed by atoms with E-state index in [9.17, 15) is 22.8 Å². The van der Waals surface area contributed by atoms with Gasteiger partial charge in [0.25, 0.3) is 0 Å². The fraction of sp³-hybridized carbons (Fsp3) is 0.320. The van der Waals surface area contributed by atoms with Crippen molar-refractivity contribution in [2.45, 2.75) is 31.9 Å². The van der Waals surface area contributed by atoms with Gasteiger partial charge in [-0.3, -0.25) is 4.79 Å². The molecule has 2 aliphatic heterocycles. The van der Waals surface area contributed by atoms with Crippen molar-refractivity contribution in [3.05, 3.63) is 71.1 Å². The van der Waals surface area contributed by atoms with Crippen LogP contribution in [0, 0.1) is 35.2 Å². The van der Waals surface area contributed by atoms with E-state index in [4.69, 9.17) is 9.47 Å². The van der Waals surface area contributed by atoms with E-state index >= 15 is 0 Å². The van der Waals surface area contributed by atoms with Crippen molar-refractivity contribution in [3.8, 4) is 5.75 Å². The van der Waals surface area contributed by atoms with E-state index in [0.29, 0.717) is 42.3 Å². The van der Waals surface area contributed by atoms with E-state index < -0.39 is 29.2 Å². The lowest BCUT2D eigenvalue weighted by molar-refractivity contribution is -0.116. The summed E-state index contributed by atoms with van der Waals surface area (Å²) in [7, 11) is 0. The number of benzene rings is 1. The molecule has 1 saturated carbocycles. The van der Waals surface area contributed by atoms with E-state index in [1.54, 1.807) is 12.3 Å². The monoisotopic (exact) mass is 498 g/mol. The molecule has 11 heteroatoms. The molecular weight excluding hydrogens is 477 g/mol. The number of carbonyl (C=O) groups is 2. The lowest BCUT2D eigenvalue weighted by Gasteiger charge is -2.29. The number of anilines is 2. The van der Waals surface area contributed by atoms with Crippen LogP contribution in [0.4, 0.5) is 29.5 Å². The Morgan fingerprint density at radius 2 is 1.97 bits per heavy atom. The van der Waals surface area contributed by atoms with E-state index in [2.05, 4.69) is 20.9 Å². The highest BCUT2D eigenvalue weighted by molar-refractivity contribution is 5.93. The summed E-state index contributed by atoms with van der Waals surface area (Å²) in [4.78, 5) is 28.3. The van der Waals surface area contributed by atoms with Crippen LogP contribution in [-0.4, -0.2) is 29.1 Å². The van der Waals surface area contributed by atoms with Crippen molar-refractivity contribution in [2.75, 3.05) is 10.6 Å². The molecule has 4 aliphatic rings. The number of fused-ring (bicyclic) bond motifs is 4. The lowest BCUT2D eigenvalue weighted by Crippen LogP contribution is -2.36. The average molecular weight is 498 g/mol. The van der Waals surface area contributed by atoms with E-state index in [0.717, 1.165) is 11.3 Å². The molecule has 186 valence electrons. The predicted octanol–water partition coefficient (Wildman–Crippen LogP) is 4.02. The first kappa shape index (κ1) is 22.4. The SMILES string of the molecule is CC1C(Oc2ccnc3c2CCC(=O)N3)=CC=C2OC3C(NC(=O)Nc4c(F)cc(F)cc4F)C3C21. The summed E-state index contributed by atoms with van der Waals surface area (Å²) < 4.78 is 53.1. The summed E-state index contributed by atoms with van der Waals surface area (Å²) in [6, 6.07) is 1.58. The summed E-state index contributed by atoms with van der Waals surface area (Å²) in [6.45, 7) is 2.00. The van der Waals surface area contributed by atoms with Crippen LogP contribution in [0.5, 0.6) is 5.75 Å². The number of urea groups is 1. The Hall–Kier alpha value is -4.02. The van der Waals surface area contributed by atoms with Gasteiger partial charge in [0, 0.05) is 48.1 Å². The summed E-state index contributed by atoms with van der Waals surface area (Å²) in [6.07, 6.45) is 5.90. The number of amides is 3. The Bertz CT molecular complexity index is 1340. The highest BCUT2D eigenvalue weighted by atomic mass is 19.1.